The average molecular weight is 346 g/mol. The van der Waals surface area contributed by atoms with Crippen molar-refractivity contribution in [3.63, 3.8) is 0 Å². The van der Waals surface area contributed by atoms with Crippen LogP contribution in [0.2, 0.25) is 0 Å². The van der Waals surface area contributed by atoms with Crippen molar-refractivity contribution in [2.75, 3.05) is 13.1 Å². The number of benzene rings is 2. The minimum Gasteiger partial charge on any atom is -0.360 e. The number of nitrogens with zero attached hydrogens (tertiary/aromatic N) is 1. The molecule has 1 fully saturated rings. The molecule has 2 unspecified atom stereocenters. The third kappa shape index (κ3) is 2.97. The van der Waals surface area contributed by atoms with E-state index in [0.717, 1.165) is 22.0 Å². The van der Waals surface area contributed by atoms with Crippen LogP contribution in [0.5, 0.6) is 0 Å². The van der Waals surface area contributed by atoms with Gasteiger partial charge in [0.25, 0.3) is 0 Å². The number of para-hydroxylation sites is 1. The molecule has 4 heteroatoms. The molecule has 1 aromatic heterocycles. The summed E-state index contributed by atoms with van der Waals surface area (Å²) in [7, 11) is 0. The second kappa shape index (κ2) is 6.89. The van der Waals surface area contributed by atoms with Gasteiger partial charge in [-0.25, -0.2) is 0 Å². The molecule has 2 heterocycles. The van der Waals surface area contributed by atoms with Gasteiger partial charge in [-0.05, 0) is 11.6 Å². The highest BCUT2D eigenvalue weighted by Gasteiger charge is 2.36. The lowest BCUT2D eigenvalue weighted by Gasteiger charge is -2.39. The normalized spacial score (nSPS) is 21.2. The number of carbonyl (C=O) groups is 2. The van der Waals surface area contributed by atoms with Gasteiger partial charge in [-0.1, -0.05) is 55.5 Å². The molecule has 132 valence electrons. The largest absolute Gasteiger partial charge is 0.360 e. The maximum atomic E-state index is 13.0. The van der Waals surface area contributed by atoms with Crippen molar-refractivity contribution in [2.45, 2.75) is 19.4 Å². The number of Topliss-reactive ketones (excluding diaryl/α,β-unsaturated/α-hetero) is 2. The smallest absolute Gasteiger partial charge is 0.178 e. The van der Waals surface area contributed by atoms with Crippen LogP contribution in [0.25, 0.3) is 10.9 Å². The zero-order valence-electron chi connectivity index (χ0n) is 14.8. The van der Waals surface area contributed by atoms with Crippen LogP contribution in [-0.2, 0) is 4.79 Å². The van der Waals surface area contributed by atoms with Gasteiger partial charge in [-0.2, -0.15) is 0 Å². The Morgan fingerprint density at radius 3 is 2.65 bits per heavy atom. The van der Waals surface area contributed by atoms with E-state index < -0.39 is 0 Å². The molecule has 0 radical (unpaired) electrons. The maximum absolute atomic E-state index is 13.0. The average Bonchev–Trinajstić information content (AvgIpc) is 3.10. The molecule has 0 amide bonds. The highest BCUT2D eigenvalue weighted by Crippen LogP contribution is 2.34. The molecule has 2 atom stereocenters. The molecule has 3 aromatic rings. The summed E-state index contributed by atoms with van der Waals surface area (Å²) in [4.78, 5) is 30.6. The number of rotatable bonds is 4. The van der Waals surface area contributed by atoms with Gasteiger partial charge < -0.3 is 4.98 Å². The molecule has 4 rings (SSSR count). The Kier molecular flexibility index (Phi) is 4.43. The van der Waals surface area contributed by atoms with Gasteiger partial charge in [-0.15, -0.1) is 0 Å². The van der Waals surface area contributed by atoms with Crippen LogP contribution in [-0.4, -0.2) is 34.5 Å². The van der Waals surface area contributed by atoms with Gasteiger partial charge in [-0.3, -0.25) is 14.5 Å². The van der Waals surface area contributed by atoms with Crippen LogP contribution in [0.15, 0.2) is 60.8 Å². The lowest BCUT2D eigenvalue weighted by atomic mass is 9.84. The number of H-pyrrole nitrogens is 1. The minimum atomic E-state index is -0.109. The number of likely N-dealkylation sites (tertiary alicyclic amines) is 1. The summed E-state index contributed by atoms with van der Waals surface area (Å²) in [5.41, 5.74) is 2.79. The molecular weight excluding hydrogens is 324 g/mol. The fourth-order valence-corrected chi connectivity index (χ4v) is 4.01. The lowest BCUT2D eigenvalue weighted by molar-refractivity contribution is -0.128. The standard InChI is InChI=1S/C22H22N2O2/c1-15-20(25)11-12-24(22(15)16-7-3-2-4-8-16)14-21(26)18-13-23-19-10-6-5-9-17(18)19/h2-10,13,15,22-23H,11-12,14H2,1H3. The first kappa shape index (κ1) is 16.7. The number of aromatic nitrogens is 1. The maximum Gasteiger partial charge on any atom is 0.178 e. The summed E-state index contributed by atoms with van der Waals surface area (Å²) >= 11 is 0. The SMILES string of the molecule is CC1C(=O)CCN(CC(=O)c2c[nH]c3ccccc23)C1c1ccccc1. The van der Waals surface area contributed by atoms with Gasteiger partial charge >= 0.3 is 0 Å². The predicted octanol–water partition coefficient (Wildman–Crippen LogP) is 4.00. The number of piperidine rings is 1. The Balaban J connectivity index is 1.63. The second-order valence-corrected chi connectivity index (χ2v) is 7.00. The van der Waals surface area contributed by atoms with Gasteiger partial charge in [0.1, 0.15) is 5.78 Å². The zero-order valence-corrected chi connectivity index (χ0v) is 14.8. The van der Waals surface area contributed by atoms with E-state index in [4.69, 9.17) is 0 Å². The molecule has 1 aliphatic heterocycles. The molecular formula is C22H22N2O2. The highest BCUT2D eigenvalue weighted by atomic mass is 16.1. The quantitative estimate of drug-likeness (QED) is 0.727. The van der Waals surface area contributed by atoms with Crippen molar-refractivity contribution in [2.24, 2.45) is 5.92 Å². The molecule has 0 spiro atoms. The van der Waals surface area contributed by atoms with E-state index >= 15 is 0 Å². The summed E-state index contributed by atoms with van der Waals surface area (Å²) in [6, 6.07) is 17.8. The van der Waals surface area contributed by atoms with Crippen molar-refractivity contribution in [3.05, 3.63) is 71.9 Å². The zero-order chi connectivity index (χ0) is 18.1. The third-order valence-electron chi connectivity index (χ3n) is 5.40. The third-order valence-corrected chi connectivity index (χ3v) is 5.40. The number of aromatic amines is 1. The molecule has 2 aromatic carbocycles. The van der Waals surface area contributed by atoms with E-state index in [1.165, 1.54) is 0 Å². The molecule has 26 heavy (non-hydrogen) atoms. The number of nitrogens with one attached hydrogen (secondary N) is 1. The van der Waals surface area contributed by atoms with E-state index in [1.54, 1.807) is 6.20 Å². The summed E-state index contributed by atoms with van der Waals surface area (Å²) < 4.78 is 0. The van der Waals surface area contributed by atoms with Crippen molar-refractivity contribution in [1.29, 1.82) is 0 Å². The number of hydrogen-bond acceptors (Lipinski definition) is 3. The van der Waals surface area contributed by atoms with Gasteiger partial charge in [0.15, 0.2) is 5.78 Å². The van der Waals surface area contributed by atoms with E-state index in [2.05, 4.69) is 9.88 Å². The van der Waals surface area contributed by atoms with Crippen molar-refractivity contribution in [1.82, 2.24) is 9.88 Å². The van der Waals surface area contributed by atoms with Gasteiger partial charge in [0.2, 0.25) is 0 Å². The monoisotopic (exact) mass is 346 g/mol. The Hall–Kier alpha value is -2.72. The molecule has 0 saturated carbocycles. The van der Waals surface area contributed by atoms with E-state index in [-0.39, 0.29) is 23.5 Å². The number of hydrogen-bond donors (Lipinski definition) is 1. The van der Waals surface area contributed by atoms with Gasteiger partial charge in [0.05, 0.1) is 6.54 Å². The van der Waals surface area contributed by atoms with E-state index in [0.29, 0.717) is 19.5 Å². The van der Waals surface area contributed by atoms with Crippen LogP contribution in [0.4, 0.5) is 0 Å². The van der Waals surface area contributed by atoms with Gasteiger partial charge in [0, 0.05) is 47.6 Å². The molecule has 1 saturated heterocycles. The fourth-order valence-electron chi connectivity index (χ4n) is 4.01. The molecule has 1 N–H and O–H groups in total. The fraction of sp³-hybridized carbons (Fsp3) is 0.273. The Morgan fingerprint density at radius 2 is 1.85 bits per heavy atom. The second-order valence-electron chi connectivity index (χ2n) is 7.00. The Labute approximate surface area is 152 Å². The Bertz CT molecular complexity index is 945. The van der Waals surface area contributed by atoms with Crippen molar-refractivity contribution < 1.29 is 9.59 Å². The minimum absolute atomic E-state index is 0.0494. The molecule has 0 aliphatic carbocycles. The first-order chi connectivity index (χ1) is 12.6. The number of carbonyl (C=O) groups excluding carboxylic acids is 2. The first-order valence-corrected chi connectivity index (χ1v) is 9.06. The van der Waals surface area contributed by atoms with Crippen LogP contribution in [0, 0.1) is 5.92 Å². The topological polar surface area (TPSA) is 53.2 Å². The molecule has 4 nitrogen and oxygen atoms in total. The van der Waals surface area contributed by atoms with Crippen LogP contribution in [0.3, 0.4) is 0 Å². The number of ketones is 2. The van der Waals surface area contributed by atoms with Crippen molar-refractivity contribution >= 4 is 22.5 Å². The molecule has 0 bridgehead atoms. The highest BCUT2D eigenvalue weighted by molar-refractivity contribution is 6.08. The summed E-state index contributed by atoms with van der Waals surface area (Å²) in [6.07, 6.45) is 2.30. The summed E-state index contributed by atoms with van der Waals surface area (Å²) in [6.45, 7) is 2.91. The Morgan fingerprint density at radius 1 is 1.12 bits per heavy atom. The van der Waals surface area contributed by atoms with Crippen LogP contribution in [0.1, 0.15) is 35.3 Å². The van der Waals surface area contributed by atoms with E-state index in [1.807, 2.05) is 61.5 Å². The lowest BCUT2D eigenvalue weighted by Crippen LogP contribution is -2.44. The first-order valence-electron chi connectivity index (χ1n) is 9.06. The molecule has 1 aliphatic rings. The summed E-state index contributed by atoms with van der Waals surface area (Å²) in [5.74, 6) is 0.251. The van der Waals surface area contributed by atoms with Crippen LogP contribution < -0.4 is 0 Å². The number of fused-ring (bicyclic) bond motifs is 1. The van der Waals surface area contributed by atoms with E-state index in [9.17, 15) is 9.59 Å². The van der Waals surface area contributed by atoms with Crippen LogP contribution >= 0.6 is 0 Å². The summed E-state index contributed by atoms with van der Waals surface area (Å²) in [5, 5.41) is 0.954. The predicted molar refractivity (Wildman–Crippen MR) is 102 cm³/mol. The van der Waals surface area contributed by atoms with Crippen molar-refractivity contribution in [3.8, 4) is 0 Å².